The van der Waals surface area contributed by atoms with Crippen molar-refractivity contribution in [2.75, 3.05) is 11.9 Å². The zero-order valence-electron chi connectivity index (χ0n) is 19.3. The second kappa shape index (κ2) is 9.52. The van der Waals surface area contributed by atoms with E-state index < -0.39 is 0 Å². The van der Waals surface area contributed by atoms with Crippen LogP contribution in [0.2, 0.25) is 0 Å². The molecule has 0 fully saturated rings. The van der Waals surface area contributed by atoms with Gasteiger partial charge in [-0.05, 0) is 84.9 Å². The van der Waals surface area contributed by atoms with E-state index in [0.29, 0.717) is 17.7 Å². The van der Waals surface area contributed by atoms with Crippen LogP contribution in [0.15, 0.2) is 78.9 Å². The van der Waals surface area contributed by atoms with Crippen molar-refractivity contribution in [1.29, 1.82) is 0 Å². The van der Waals surface area contributed by atoms with Crippen LogP contribution in [0.4, 0.5) is 5.69 Å². The normalized spacial score (nSPS) is 10.9. The number of rotatable bonds is 5. The minimum Gasteiger partial charge on any atom is -0.494 e. The summed E-state index contributed by atoms with van der Waals surface area (Å²) in [5.74, 6) is 0.536. The van der Waals surface area contributed by atoms with Gasteiger partial charge < -0.3 is 10.1 Å². The molecule has 0 unspecified atom stereocenters. The van der Waals surface area contributed by atoms with Crippen molar-refractivity contribution in [2.45, 2.75) is 13.8 Å². The Bertz CT molecular complexity index is 1550. The number of benzene rings is 4. The molecule has 1 amide bonds. The van der Waals surface area contributed by atoms with E-state index in [2.05, 4.69) is 20.8 Å². The van der Waals surface area contributed by atoms with Gasteiger partial charge in [0.15, 0.2) is 5.11 Å². The van der Waals surface area contributed by atoms with Gasteiger partial charge in [0, 0.05) is 11.3 Å². The van der Waals surface area contributed by atoms with Gasteiger partial charge in [-0.3, -0.25) is 10.1 Å². The molecule has 0 spiro atoms. The molecule has 0 aliphatic carbocycles. The number of amides is 1. The van der Waals surface area contributed by atoms with Gasteiger partial charge in [-0.15, -0.1) is 10.2 Å². The fourth-order valence-corrected chi connectivity index (χ4v) is 4.11. The highest BCUT2D eigenvalue weighted by Crippen LogP contribution is 2.23. The van der Waals surface area contributed by atoms with Crippen molar-refractivity contribution < 1.29 is 9.53 Å². The van der Waals surface area contributed by atoms with Gasteiger partial charge in [0.05, 0.1) is 12.3 Å². The first-order chi connectivity index (χ1) is 17.0. The summed E-state index contributed by atoms with van der Waals surface area (Å²) < 4.78 is 5.50. The number of nitrogens with one attached hydrogen (secondary N) is 2. The quantitative estimate of drug-likeness (QED) is 0.327. The first-order valence-corrected chi connectivity index (χ1v) is 11.6. The summed E-state index contributed by atoms with van der Waals surface area (Å²) in [6.07, 6.45) is 0. The summed E-state index contributed by atoms with van der Waals surface area (Å²) in [7, 11) is 0. The van der Waals surface area contributed by atoms with Gasteiger partial charge in [-0.2, -0.15) is 4.80 Å². The summed E-state index contributed by atoms with van der Waals surface area (Å²) in [6.45, 7) is 4.51. The Labute approximate surface area is 207 Å². The maximum atomic E-state index is 12.9. The van der Waals surface area contributed by atoms with E-state index in [-0.39, 0.29) is 11.0 Å². The van der Waals surface area contributed by atoms with Crippen molar-refractivity contribution in [3.63, 3.8) is 0 Å². The lowest BCUT2D eigenvalue weighted by molar-refractivity contribution is 0.0979. The molecule has 0 atom stereocenters. The monoisotopic (exact) mass is 481 g/mol. The molecule has 174 valence electrons. The zero-order valence-corrected chi connectivity index (χ0v) is 20.1. The van der Waals surface area contributed by atoms with Gasteiger partial charge in [0.25, 0.3) is 5.91 Å². The lowest BCUT2D eigenvalue weighted by Crippen LogP contribution is -2.34. The highest BCUT2D eigenvalue weighted by Gasteiger charge is 2.13. The number of nitrogens with zero attached hydrogens (tertiary/aromatic N) is 3. The summed E-state index contributed by atoms with van der Waals surface area (Å²) in [6, 6.07) is 24.8. The Balaban J connectivity index is 1.34. The summed E-state index contributed by atoms with van der Waals surface area (Å²) in [5, 5.41) is 17.2. The number of fused-ring (bicyclic) bond motifs is 2. The van der Waals surface area contributed by atoms with E-state index in [0.717, 1.165) is 39.0 Å². The molecule has 5 rings (SSSR count). The minimum absolute atomic E-state index is 0.212. The first kappa shape index (κ1) is 22.5. The number of ether oxygens (including phenoxy) is 1. The molecule has 1 heterocycles. The second-order valence-corrected chi connectivity index (χ2v) is 8.42. The third kappa shape index (κ3) is 4.69. The van der Waals surface area contributed by atoms with Crippen molar-refractivity contribution >= 4 is 50.7 Å². The van der Waals surface area contributed by atoms with E-state index in [9.17, 15) is 4.79 Å². The molecule has 0 saturated heterocycles. The molecule has 7 nitrogen and oxygen atoms in total. The molecule has 35 heavy (non-hydrogen) atoms. The molecule has 0 saturated carbocycles. The van der Waals surface area contributed by atoms with E-state index >= 15 is 0 Å². The summed E-state index contributed by atoms with van der Waals surface area (Å²) in [5.41, 5.74) is 4.53. The van der Waals surface area contributed by atoms with E-state index in [4.69, 9.17) is 17.0 Å². The summed E-state index contributed by atoms with van der Waals surface area (Å²) in [4.78, 5) is 14.5. The van der Waals surface area contributed by atoms with E-state index in [1.165, 1.54) is 0 Å². The highest BCUT2D eigenvalue weighted by atomic mass is 32.1. The largest absolute Gasteiger partial charge is 0.494 e. The zero-order chi connectivity index (χ0) is 24.4. The maximum Gasteiger partial charge on any atom is 0.258 e. The van der Waals surface area contributed by atoms with Crippen LogP contribution in [-0.2, 0) is 0 Å². The van der Waals surface area contributed by atoms with Gasteiger partial charge >= 0.3 is 0 Å². The molecule has 0 aliphatic heterocycles. The topological polar surface area (TPSA) is 81.1 Å². The number of thiocarbonyl (C=S) groups is 1. The van der Waals surface area contributed by atoms with Crippen LogP contribution in [0.5, 0.6) is 5.75 Å². The predicted molar refractivity (Wildman–Crippen MR) is 142 cm³/mol. The molecule has 0 aliphatic rings. The van der Waals surface area contributed by atoms with Crippen LogP contribution in [0.3, 0.4) is 0 Å². The van der Waals surface area contributed by atoms with Crippen LogP contribution >= 0.6 is 12.2 Å². The lowest BCUT2D eigenvalue weighted by atomic mass is 10.0. The second-order valence-electron chi connectivity index (χ2n) is 8.01. The third-order valence-electron chi connectivity index (χ3n) is 5.61. The van der Waals surface area contributed by atoms with Crippen molar-refractivity contribution in [2.24, 2.45) is 0 Å². The fourth-order valence-electron chi connectivity index (χ4n) is 3.91. The Hall–Kier alpha value is -4.30. The fraction of sp³-hybridized carbons (Fsp3) is 0.111. The SMILES string of the molecule is CCOc1ccc(-n2nc3cc(C)c(NC(=S)NC(=O)c4cccc5ccccc45)cc3n2)cc1. The number of carbonyl (C=O) groups is 1. The number of hydrogen-bond donors (Lipinski definition) is 2. The minimum atomic E-state index is -0.264. The number of aryl methyl sites for hydroxylation is 1. The number of hydrogen-bond acceptors (Lipinski definition) is 5. The molecule has 5 aromatic rings. The van der Waals surface area contributed by atoms with Crippen LogP contribution in [0.25, 0.3) is 27.5 Å². The molecule has 1 aromatic heterocycles. The lowest BCUT2D eigenvalue weighted by Gasteiger charge is -2.12. The maximum absolute atomic E-state index is 12.9. The van der Waals surface area contributed by atoms with E-state index in [1.807, 2.05) is 86.6 Å². The van der Waals surface area contributed by atoms with Crippen LogP contribution in [0.1, 0.15) is 22.8 Å². The molecular weight excluding hydrogens is 458 g/mol. The number of carbonyl (C=O) groups excluding carboxylic acids is 1. The highest BCUT2D eigenvalue weighted by molar-refractivity contribution is 7.80. The standard InChI is InChI=1S/C27H23N5O2S/c1-3-34-20-13-11-19(12-14-20)32-30-24-15-17(2)23(16-25(24)31-32)28-27(35)29-26(33)22-10-6-8-18-7-4-5-9-21(18)22/h4-16H,3H2,1-2H3,(H2,28,29,33,35). The van der Waals surface area contributed by atoms with Gasteiger partial charge in [-0.1, -0.05) is 36.4 Å². The van der Waals surface area contributed by atoms with Gasteiger partial charge in [-0.25, -0.2) is 0 Å². The van der Waals surface area contributed by atoms with Crippen molar-refractivity contribution in [3.8, 4) is 11.4 Å². The number of aromatic nitrogens is 3. The Kier molecular flexibility index (Phi) is 6.12. The summed E-state index contributed by atoms with van der Waals surface area (Å²) >= 11 is 5.44. The van der Waals surface area contributed by atoms with Crippen molar-refractivity contribution in [3.05, 3.63) is 90.0 Å². The van der Waals surface area contributed by atoms with Crippen LogP contribution < -0.4 is 15.4 Å². The molecule has 0 bridgehead atoms. The molecule has 2 N–H and O–H groups in total. The van der Waals surface area contributed by atoms with Crippen LogP contribution in [-0.4, -0.2) is 32.6 Å². The molecule has 8 heteroatoms. The molecular formula is C27H23N5O2S. The third-order valence-corrected chi connectivity index (χ3v) is 5.82. The van der Waals surface area contributed by atoms with Crippen molar-refractivity contribution in [1.82, 2.24) is 20.3 Å². The first-order valence-electron chi connectivity index (χ1n) is 11.2. The Morgan fingerprint density at radius 1 is 0.971 bits per heavy atom. The smallest absolute Gasteiger partial charge is 0.258 e. The average molecular weight is 482 g/mol. The Morgan fingerprint density at radius 2 is 1.69 bits per heavy atom. The van der Waals surface area contributed by atoms with Crippen LogP contribution in [0, 0.1) is 6.92 Å². The van der Waals surface area contributed by atoms with Gasteiger partial charge in [0.1, 0.15) is 16.8 Å². The molecule has 0 radical (unpaired) electrons. The Morgan fingerprint density at radius 3 is 2.46 bits per heavy atom. The molecule has 4 aromatic carbocycles. The van der Waals surface area contributed by atoms with Gasteiger partial charge in [0.2, 0.25) is 0 Å². The van der Waals surface area contributed by atoms with E-state index in [1.54, 1.807) is 10.9 Å². The average Bonchev–Trinajstić information content (AvgIpc) is 3.27. The predicted octanol–water partition coefficient (Wildman–Crippen LogP) is 5.41. The number of anilines is 1.